The second-order valence-electron chi connectivity index (χ2n) is 3.09. The number of hydrogen-bond donors (Lipinski definition) is 2. The third-order valence-corrected chi connectivity index (χ3v) is 7.59. The minimum absolute atomic E-state index is 0.0829. The second-order valence-corrected chi connectivity index (χ2v) is 8.88. The third-order valence-electron chi connectivity index (χ3n) is 2.22. The van der Waals surface area contributed by atoms with Gasteiger partial charge < -0.3 is 4.43 Å². The van der Waals surface area contributed by atoms with Crippen molar-refractivity contribution in [3.05, 3.63) is 0 Å². The summed E-state index contributed by atoms with van der Waals surface area (Å²) >= 11 is 9.06. The average molecular weight is 208 g/mol. The van der Waals surface area contributed by atoms with Crippen LogP contribution in [0.15, 0.2) is 0 Å². The van der Waals surface area contributed by atoms with Crippen molar-refractivity contribution in [3.8, 4) is 0 Å². The molecule has 1 aliphatic rings. The normalized spacial score (nSPS) is 27.0. The van der Waals surface area contributed by atoms with E-state index < -0.39 is 9.04 Å². The molecule has 0 saturated carbocycles. The van der Waals surface area contributed by atoms with Gasteiger partial charge in [-0.1, -0.05) is 13.3 Å². The van der Waals surface area contributed by atoms with Crippen molar-refractivity contribution >= 4 is 34.3 Å². The third kappa shape index (κ3) is 2.68. The molecule has 1 fully saturated rings. The zero-order chi connectivity index (χ0) is 8.32. The van der Waals surface area contributed by atoms with E-state index in [9.17, 15) is 0 Å². The largest absolute Gasteiger partial charge is 0.418 e. The van der Waals surface area contributed by atoms with E-state index in [1.54, 1.807) is 0 Å². The van der Waals surface area contributed by atoms with Gasteiger partial charge in [0.05, 0.1) is 3.70 Å². The Morgan fingerprint density at radius 3 is 2.64 bits per heavy atom. The van der Waals surface area contributed by atoms with Crippen molar-refractivity contribution < 1.29 is 4.43 Å². The molecule has 0 amide bonds. The van der Waals surface area contributed by atoms with Crippen molar-refractivity contribution in [3.63, 3.8) is 0 Å². The molecule has 0 N–H and O–H groups in total. The molecule has 1 atom stereocenters. The molecule has 66 valence electrons. The van der Waals surface area contributed by atoms with E-state index in [0.717, 1.165) is 13.0 Å². The van der Waals surface area contributed by atoms with Crippen LogP contribution in [0.5, 0.6) is 0 Å². The topological polar surface area (TPSA) is 9.23 Å². The summed E-state index contributed by atoms with van der Waals surface area (Å²) < 4.78 is 5.64. The molecule has 1 nitrogen and oxygen atoms in total. The zero-order valence-corrected chi connectivity index (χ0v) is 9.86. The fourth-order valence-electron chi connectivity index (χ4n) is 1.33. The minimum atomic E-state index is -1.11. The van der Waals surface area contributed by atoms with Crippen molar-refractivity contribution in [1.82, 2.24) is 0 Å². The van der Waals surface area contributed by atoms with E-state index in [1.807, 2.05) is 0 Å². The Kier molecular flexibility index (Phi) is 3.81. The van der Waals surface area contributed by atoms with Gasteiger partial charge in [-0.15, -0.1) is 0 Å². The molecule has 0 bridgehead atoms. The molecule has 0 aromatic carbocycles. The van der Waals surface area contributed by atoms with Gasteiger partial charge >= 0.3 is 0 Å². The molecule has 1 aliphatic heterocycles. The number of hydrogen-bond acceptors (Lipinski definition) is 3. The Balaban J connectivity index is 2.43. The Bertz CT molecular complexity index is 124. The van der Waals surface area contributed by atoms with Crippen molar-refractivity contribution in [1.29, 1.82) is 0 Å². The predicted molar refractivity (Wildman–Crippen MR) is 58.1 cm³/mol. The molecule has 1 rings (SSSR count). The molecule has 0 spiro atoms. The number of thiol groups is 2. The first-order valence-electron chi connectivity index (χ1n) is 4.23. The average Bonchev–Trinajstić information content (AvgIpc) is 2.06. The van der Waals surface area contributed by atoms with Crippen LogP contribution in [0.2, 0.25) is 6.04 Å². The highest BCUT2D eigenvalue weighted by Crippen LogP contribution is 2.32. The van der Waals surface area contributed by atoms with E-state index in [0.29, 0.717) is 0 Å². The lowest BCUT2D eigenvalue weighted by Gasteiger charge is -2.32. The van der Waals surface area contributed by atoms with Gasteiger partial charge in [-0.25, -0.2) is 0 Å². The van der Waals surface area contributed by atoms with Gasteiger partial charge in [0.2, 0.25) is 9.04 Å². The standard InChI is InChI=1S/C7H16OS2Si/c1-2-7(9,10)11-6-4-3-5-8-11/h9-11H,2-6H2,1H3. The van der Waals surface area contributed by atoms with Crippen LogP contribution in [-0.4, -0.2) is 19.3 Å². The summed E-state index contributed by atoms with van der Waals surface area (Å²) in [6, 6.07) is 1.25. The van der Waals surface area contributed by atoms with Gasteiger partial charge in [0.15, 0.2) is 0 Å². The second kappa shape index (κ2) is 4.21. The maximum Gasteiger partial charge on any atom is 0.202 e. The van der Waals surface area contributed by atoms with E-state index in [2.05, 4.69) is 32.2 Å². The minimum Gasteiger partial charge on any atom is -0.418 e. The zero-order valence-electron chi connectivity index (χ0n) is 6.92. The summed E-state index contributed by atoms with van der Waals surface area (Å²) in [6.45, 7) is 3.07. The van der Waals surface area contributed by atoms with Gasteiger partial charge in [-0.2, -0.15) is 25.3 Å². The first-order valence-corrected chi connectivity index (χ1v) is 6.99. The van der Waals surface area contributed by atoms with Crippen LogP contribution in [0.1, 0.15) is 26.2 Å². The molecular formula is C7H16OS2Si. The predicted octanol–water partition coefficient (Wildman–Crippen LogP) is 2.03. The monoisotopic (exact) mass is 208 g/mol. The molecule has 1 heterocycles. The molecule has 1 saturated heterocycles. The van der Waals surface area contributed by atoms with Crippen LogP contribution >= 0.6 is 25.3 Å². The smallest absolute Gasteiger partial charge is 0.202 e. The van der Waals surface area contributed by atoms with Gasteiger partial charge in [0.1, 0.15) is 0 Å². The fraction of sp³-hybridized carbons (Fsp3) is 1.00. The molecule has 0 aliphatic carbocycles. The first kappa shape index (κ1) is 9.96. The molecule has 0 radical (unpaired) electrons. The van der Waals surface area contributed by atoms with Crippen LogP contribution in [0.3, 0.4) is 0 Å². The Morgan fingerprint density at radius 1 is 1.45 bits per heavy atom. The van der Waals surface area contributed by atoms with Gasteiger partial charge in [-0.3, -0.25) is 0 Å². The molecule has 0 aromatic rings. The summed E-state index contributed by atoms with van der Waals surface area (Å²) in [5.74, 6) is 0. The summed E-state index contributed by atoms with van der Waals surface area (Å²) in [4.78, 5) is 0. The van der Waals surface area contributed by atoms with E-state index >= 15 is 0 Å². The van der Waals surface area contributed by atoms with E-state index in [4.69, 9.17) is 4.43 Å². The van der Waals surface area contributed by atoms with Gasteiger partial charge in [-0.05, 0) is 18.9 Å². The molecule has 1 unspecified atom stereocenters. The lowest BCUT2D eigenvalue weighted by Crippen LogP contribution is -2.40. The Hall–Kier alpha value is 0.877. The number of rotatable bonds is 2. The summed E-state index contributed by atoms with van der Waals surface area (Å²) in [7, 11) is -1.11. The van der Waals surface area contributed by atoms with E-state index in [-0.39, 0.29) is 3.70 Å². The van der Waals surface area contributed by atoms with Crippen LogP contribution in [-0.2, 0) is 4.43 Å². The quantitative estimate of drug-likeness (QED) is 0.401. The first-order chi connectivity index (χ1) is 5.17. The van der Waals surface area contributed by atoms with E-state index in [1.165, 1.54) is 18.9 Å². The van der Waals surface area contributed by atoms with Crippen molar-refractivity contribution in [2.75, 3.05) is 6.61 Å². The lowest BCUT2D eigenvalue weighted by atomic mass is 10.4. The maximum atomic E-state index is 5.72. The Morgan fingerprint density at radius 2 is 2.18 bits per heavy atom. The molecular weight excluding hydrogens is 192 g/mol. The molecule has 11 heavy (non-hydrogen) atoms. The molecule has 0 aromatic heterocycles. The molecule has 4 heteroatoms. The fourth-order valence-corrected chi connectivity index (χ4v) is 5.02. The summed E-state index contributed by atoms with van der Waals surface area (Å²) in [5, 5.41) is 0. The summed E-state index contributed by atoms with van der Waals surface area (Å²) in [5.41, 5.74) is 0. The summed E-state index contributed by atoms with van der Waals surface area (Å²) in [6.07, 6.45) is 3.56. The van der Waals surface area contributed by atoms with Crippen LogP contribution in [0.25, 0.3) is 0 Å². The lowest BCUT2D eigenvalue weighted by molar-refractivity contribution is 0.283. The van der Waals surface area contributed by atoms with Crippen LogP contribution in [0.4, 0.5) is 0 Å². The van der Waals surface area contributed by atoms with Crippen LogP contribution < -0.4 is 0 Å². The highest BCUT2D eigenvalue weighted by atomic mass is 32.2. The van der Waals surface area contributed by atoms with Crippen molar-refractivity contribution in [2.24, 2.45) is 0 Å². The van der Waals surface area contributed by atoms with Crippen molar-refractivity contribution in [2.45, 2.75) is 35.9 Å². The Labute approximate surface area is 81.4 Å². The van der Waals surface area contributed by atoms with Gasteiger partial charge in [0, 0.05) is 6.61 Å². The van der Waals surface area contributed by atoms with Gasteiger partial charge in [0.25, 0.3) is 0 Å². The highest BCUT2D eigenvalue weighted by Gasteiger charge is 2.34. The van der Waals surface area contributed by atoms with Crippen LogP contribution in [0, 0.1) is 0 Å². The maximum absolute atomic E-state index is 5.72. The SMILES string of the molecule is CCC(S)(S)[SiH]1CCCCO1. The highest BCUT2D eigenvalue weighted by molar-refractivity contribution is 8.03.